The van der Waals surface area contributed by atoms with Crippen molar-refractivity contribution in [1.29, 1.82) is 0 Å². The largest absolute Gasteiger partial charge is 0.508 e. The van der Waals surface area contributed by atoms with Crippen LogP contribution in [0.4, 0.5) is 0 Å². The Labute approximate surface area is 205 Å². The Morgan fingerprint density at radius 1 is 0.657 bits per heavy atom. The highest BCUT2D eigenvalue weighted by Gasteiger charge is 2.33. The number of aromatic hydroxyl groups is 1. The van der Waals surface area contributed by atoms with Crippen molar-refractivity contribution in [2.24, 2.45) is 5.73 Å². The summed E-state index contributed by atoms with van der Waals surface area (Å²) >= 11 is 0. The predicted molar refractivity (Wildman–Crippen MR) is 137 cm³/mol. The molecule has 176 valence electrons. The summed E-state index contributed by atoms with van der Waals surface area (Å²) in [5.41, 5.74) is 9.59. The Kier molecular flexibility index (Phi) is 7.70. The number of nitrogens with zero attached hydrogens (tertiary/aromatic N) is 1. The van der Waals surface area contributed by atoms with Crippen molar-refractivity contribution in [2.45, 2.75) is 24.9 Å². The lowest BCUT2D eigenvalue weighted by molar-refractivity contribution is -0.146. The van der Waals surface area contributed by atoms with E-state index in [0.717, 1.165) is 22.3 Å². The molecule has 0 aromatic heterocycles. The standard InChI is InChI=1S/C30H28N2O3/c31-27(20-22-10-4-1-5-11-22)29(34)32(21-23-16-18-26(33)19-17-23)30(35)28(24-12-6-2-7-13-24)25-14-8-3-9-15-25/h1-19,27-28,33H,20-21,31H2. The van der Waals surface area contributed by atoms with Gasteiger partial charge in [0.05, 0.1) is 18.5 Å². The molecule has 0 saturated carbocycles. The molecule has 5 heteroatoms. The van der Waals surface area contributed by atoms with Gasteiger partial charge in [0.1, 0.15) is 5.75 Å². The Morgan fingerprint density at radius 3 is 1.66 bits per heavy atom. The van der Waals surface area contributed by atoms with Crippen molar-refractivity contribution in [2.75, 3.05) is 0 Å². The van der Waals surface area contributed by atoms with Gasteiger partial charge in [0.15, 0.2) is 0 Å². The number of amides is 2. The van der Waals surface area contributed by atoms with Crippen LogP contribution in [0.5, 0.6) is 5.75 Å². The number of carbonyl (C=O) groups excluding carboxylic acids is 2. The lowest BCUT2D eigenvalue weighted by Crippen LogP contribution is -2.49. The summed E-state index contributed by atoms with van der Waals surface area (Å²) in [5, 5.41) is 9.68. The molecule has 0 aliphatic carbocycles. The summed E-state index contributed by atoms with van der Waals surface area (Å²) in [7, 11) is 0. The first-order valence-corrected chi connectivity index (χ1v) is 11.6. The molecule has 0 aliphatic heterocycles. The second-order valence-corrected chi connectivity index (χ2v) is 8.48. The van der Waals surface area contributed by atoms with Crippen LogP contribution >= 0.6 is 0 Å². The zero-order valence-electron chi connectivity index (χ0n) is 19.3. The fraction of sp³-hybridized carbons (Fsp3) is 0.133. The Hall–Kier alpha value is -4.22. The van der Waals surface area contributed by atoms with Crippen LogP contribution < -0.4 is 5.73 Å². The molecule has 3 N–H and O–H groups in total. The highest BCUT2D eigenvalue weighted by Crippen LogP contribution is 2.28. The predicted octanol–water partition coefficient (Wildman–Crippen LogP) is 4.65. The monoisotopic (exact) mass is 464 g/mol. The summed E-state index contributed by atoms with van der Waals surface area (Å²) in [6, 6.07) is 34.0. The number of carbonyl (C=O) groups is 2. The van der Waals surface area contributed by atoms with Crippen LogP contribution in [0.3, 0.4) is 0 Å². The topological polar surface area (TPSA) is 83.6 Å². The van der Waals surface area contributed by atoms with Crippen LogP contribution in [0.25, 0.3) is 0 Å². The summed E-state index contributed by atoms with van der Waals surface area (Å²) in [6.07, 6.45) is 0.320. The average Bonchev–Trinajstić information content (AvgIpc) is 2.90. The minimum atomic E-state index is -0.884. The van der Waals surface area contributed by atoms with Crippen molar-refractivity contribution < 1.29 is 14.7 Å². The molecule has 0 radical (unpaired) electrons. The SMILES string of the molecule is NC(Cc1ccccc1)C(=O)N(Cc1ccc(O)cc1)C(=O)C(c1ccccc1)c1ccccc1. The van der Waals surface area contributed by atoms with E-state index in [9.17, 15) is 14.7 Å². The van der Waals surface area contributed by atoms with Crippen molar-refractivity contribution in [3.8, 4) is 5.75 Å². The minimum absolute atomic E-state index is 0.0522. The first-order valence-electron chi connectivity index (χ1n) is 11.6. The van der Waals surface area contributed by atoms with E-state index in [2.05, 4.69) is 0 Å². The highest BCUT2D eigenvalue weighted by atomic mass is 16.3. The van der Waals surface area contributed by atoms with E-state index in [1.54, 1.807) is 12.1 Å². The zero-order chi connectivity index (χ0) is 24.6. The second-order valence-electron chi connectivity index (χ2n) is 8.48. The molecule has 0 aliphatic rings. The Morgan fingerprint density at radius 2 is 1.14 bits per heavy atom. The molecule has 0 fully saturated rings. The molecule has 1 atom stereocenters. The van der Waals surface area contributed by atoms with Gasteiger partial charge in [-0.3, -0.25) is 14.5 Å². The highest BCUT2D eigenvalue weighted by molar-refractivity contribution is 6.02. The number of phenolic OH excluding ortho intramolecular Hbond substituents is 1. The number of phenols is 1. The van der Waals surface area contributed by atoms with E-state index in [1.807, 2.05) is 91.0 Å². The van der Waals surface area contributed by atoms with E-state index >= 15 is 0 Å². The van der Waals surface area contributed by atoms with Crippen LogP contribution in [0.15, 0.2) is 115 Å². The van der Waals surface area contributed by atoms with E-state index in [0.29, 0.717) is 6.42 Å². The van der Waals surface area contributed by atoms with Gasteiger partial charge in [0.2, 0.25) is 11.8 Å². The number of benzene rings is 4. The third-order valence-electron chi connectivity index (χ3n) is 5.94. The first-order chi connectivity index (χ1) is 17.0. The molecule has 0 heterocycles. The minimum Gasteiger partial charge on any atom is -0.508 e. The quantitative estimate of drug-likeness (QED) is 0.398. The lowest BCUT2D eigenvalue weighted by Gasteiger charge is -2.29. The number of rotatable bonds is 8. The van der Waals surface area contributed by atoms with E-state index in [-0.39, 0.29) is 18.2 Å². The molecule has 35 heavy (non-hydrogen) atoms. The number of imide groups is 1. The number of hydrogen-bond donors (Lipinski definition) is 2. The molecule has 4 rings (SSSR count). The third-order valence-corrected chi connectivity index (χ3v) is 5.94. The van der Waals surface area contributed by atoms with Gasteiger partial charge in [-0.2, -0.15) is 0 Å². The average molecular weight is 465 g/mol. The van der Waals surface area contributed by atoms with Gasteiger partial charge in [-0.25, -0.2) is 0 Å². The van der Waals surface area contributed by atoms with Crippen molar-refractivity contribution in [3.63, 3.8) is 0 Å². The van der Waals surface area contributed by atoms with Gasteiger partial charge in [0, 0.05) is 0 Å². The van der Waals surface area contributed by atoms with Gasteiger partial charge >= 0.3 is 0 Å². The normalized spacial score (nSPS) is 11.7. The maximum absolute atomic E-state index is 14.1. The van der Waals surface area contributed by atoms with Crippen LogP contribution in [-0.2, 0) is 22.6 Å². The van der Waals surface area contributed by atoms with Crippen LogP contribution in [0.1, 0.15) is 28.2 Å². The van der Waals surface area contributed by atoms with Gasteiger partial charge in [0.25, 0.3) is 0 Å². The molecule has 0 spiro atoms. The lowest BCUT2D eigenvalue weighted by atomic mass is 9.89. The maximum Gasteiger partial charge on any atom is 0.246 e. The Bertz CT molecular complexity index is 1200. The first kappa shape index (κ1) is 23.9. The molecule has 5 nitrogen and oxygen atoms in total. The smallest absolute Gasteiger partial charge is 0.246 e. The van der Waals surface area contributed by atoms with Gasteiger partial charge in [-0.15, -0.1) is 0 Å². The zero-order valence-corrected chi connectivity index (χ0v) is 19.3. The third kappa shape index (κ3) is 6.02. The summed E-state index contributed by atoms with van der Waals surface area (Å²) in [5.74, 6) is -1.33. The molecule has 2 amide bonds. The molecular formula is C30H28N2O3. The maximum atomic E-state index is 14.1. The van der Waals surface area contributed by atoms with Gasteiger partial charge < -0.3 is 10.8 Å². The summed E-state index contributed by atoms with van der Waals surface area (Å²) in [4.78, 5) is 29.0. The Balaban J connectivity index is 1.71. The fourth-order valence-electron chi connectivity index (χ4n) is 4.13. The van der Waals surface area contributed by atoms with Crippen LogP contribution in [-0.4, -0.2) is 27.9 Å². The molecule has 0 bridgehead atoms. The molecule has 4 aromatic rings. The number of nitrogens with two attached hydrogens (primary N) is 1. The van der Waals surface area contributed by atoms with E-state index < -0.39 is 17.9 Å². The van der Waals surface area contributed by atoms with Crippen molar-refractivity contribution in [3.05, 3.63) is 138 Å². The van der Waals surface area contributed by atoms with Crippen LogP contribution in [0.2, 0.25) is 0 Å². The van der Waals surface area contributed by atoms with Crippen molar-refractivity contribution >= 4 is 11.8 Å². The fourth-order valence-corrected chi connectivity index (χ4v) is 4.13. The molecule has 4 aromatic carbocycles. The van der Waals surface area contributed by atoms with Gasteiger partial charge in [-0.05, 0) is 40.8 Å². The second kappa shape index (κ2) is 11.3. The van der Waals surface area contributed by atoms with Gasteiger partial charge in [-0.1, -0.05) is 103 Å². The van der Waals surface area contributed by atoms with E-state index in [1.165, 1.54) is 17.0 Å². The van der Waals surface area contributed by atoms with E-state index in [4.69, 9.17) is 5.73 Å². The van der Waals surface area contributed by atoms with Crippen LogP contribution in [0, 0.1) is 0 Å². The molecule has 0 saturated heterocycles. The molecule has 1 unspecified atom stereocenters. The molecular weight excluding hydrogens is 436 g/mol. The number of hydrogen-bond acceptors (Lipinski definition) is 4. The summed E-state index contributed by atoms with van der Waals surface area (Å²) in [6.45, 7) is 0.0522. The summed E-state index contributed by atoms with van der Waals surface area (Å²) < 4.78 is 0. The van der Waals surface area contributed by atoms with Crippen molar-refractivity contribution in [1.82, 2.24) is 4.90 Å².